The van der Waals surface area contributed by atoms with Gasteiger partial charge in [-0.05, 0) is 30.7 Å². The average Bonchev–Trinajstić information content (AvgIpc) is 2.41. The molecule has 0 spiro atoms. The average molecular weight is 252 g/mol. The number of hydrogen-bond donors (Lipinski definition) is 1. The number of aromatic nitrogens is 2. The quantitative estimate of drug-likeness (QED) is 0.720. The molecule has 1 N–H and O–H groups in total. The van der Waals surface area contributed by atoms with E-state index in [0.717, 1.165) is 5.56 Å². The summed E-state index contributed by atoms with van der Waals surface area (Å²) in [6.07, 6.45) is 0. The Labute approximate surface area is 109 Å². The van der Waals surface area contributed by atoms with Gasteiger partial charge in [-0.3, -0.25) is 4.79 Å². The molecule has 4 nitrogen and oxygen atoms in total. The van der Waals surface area contributed by atoms with Crippen molar-refractivity contribution >= 4 is 10.9 Å². The van der Waals surface area contributed by atoms with Gasteiger partial charge in [0.25, 0.3) is 5.56 Å². The molecule has 4 heteroatoms. The van der Waals surface area contributed by atoms with E-state index in [0.29, 0.717) is 16.6 Å². The minimum Gasteiger partial charge on any atom is -0.306 e. The fourth-order valence-electron chi connectivity index (χ4n) is 2.20. The Hall–Kier alpha value is -2.62. The first-order valence-electron chi connectivity index (χ1n) is 5.98. The van der Waals surface area contributed by atoms with Gasteiger partial charge >= 0.3 is 5.69 Å². The summed E-state index contributed by atoms with van der Waals surface area (Å²) in [5.41, 5.74) is 1.33. The highest BCUT2D eigenvalue weighted by molar-refractivity contribution is 5.77. The van der Waals surface area contributed by atoms with Crippen LogP contribution in [0.3, 0.4) is 0 Å². The first kappa shape index (κ1) is 11.5. The lowest BCUT2D eigenvalue weighted by Crippen LogP contribution is -2.34. The van der Waals surface area contributed by atoms with Crippen LogP contribution < -0.4 is 11.2 Å². The number of aromatic amines is 1. The molecule has 0 fully saturated rings. The topological polar surface area (TPSA) is 54.9 Å². The first-order chi connectivity index (χ1) is 9.18. The first-order valence-corrected chi connectivity index (χ1v) is 5.98. The van der Waals surface area contributed by atoms with Crippen molar-refractivity contribution in [3.63, 3.8) is 0 Å². The van der Waals surface area contributed by atoms with Gasteiger partial charge in [-0.25, -0.2) is 9.36 Å². The van der Waals surface area contributed by atoms with Crippen LogP contribution in [0.4, 0.5) is 0 Å². The number of H-pyrrole nitrogens is 1. The number of hydrogen-bond acceptors (Lipinski definition) is 2. The lowest BCUT2D eigenvalue weighted by molar-refractivity contribution is 0.894. The maximum absolute atomic E-state index is 12.4. The highest BCUT2D eigenvalue weighted by Crippen LogP contribution is 2.10. The minimum absolute atomic E-state index is 0.298. The molecule has 1 aromatic heterocycles. The molecule has 94 valence electrons. The third kappa shape index (κ3) is 1.78. The van der Waals surface area contributed by atoms with Gasteiger partial charge in [0, 0.05) is 0 Å². The molecule has 3 rings (SSSR count). The number of aryl methyl sites for hydroxylation is 1. The molecule has 0 bridgehead atoms. The van der Waals surface area contributed by atoms with Crippen LogP contribution in [0.15, 0.2) is 58.1 Å². The van der Waals surface area contributed by atoms with Crippen LogP contribution in [-0.4, -0.2) is 9.55 Å². The van der Waals surface area contributed by atoms with Gasteiger partial charge in [-0.1, -0.05) is 30.3 Å². The second kappa shape index (κ2) is 4.24. The summed E-state index contributed by atoms with van der Waals surface area (Å²) in [6, 6.07) is 14.3. The van der Waals surface area contributed by atoms with Crippen LogP contribution in [-0.2, 0) is 0 Å². The molecule has 3 aromatic rings. The minimum atomic E-state index is -0.419. The Morgan fingerprint density at radius 3 is 2.42 bits per heavy atom. The fraction of sp³-hybridized carbons (Fsp3) is 0.0667. The Kier molecular flexibility index (Phi) is 2.56. The van der Waals surface area contributed by atoms with Crippen molar-refractivity contribution in [2.24, 2.45) is 0 Å². The molecule has 0 atom stereocenters. The third-order valence-corrected chi connectivity index (χ3v) is 3.16. The van der Waals surface area contributed by atoms with Crippen LogP contribution in [0.25, 0.3) is 16.6 Å². The normalized spacial score (nSPS) is 10.8. The van der Waals surface area contributed by atoms with E-state index < -0.39 is 5.69 Å². The second-order valence-corrected chi connectivity index (χ2v) is 4.40. The predicted octanol–water partition coefficient (Wildman–Crippen LogP) is 1.99. The van der Waals surface area contributed by atoms with E-state index in [2.05, 4.69) is 4.98 Å². The van der Waals surface area contributed by atoms with Gasteiger partial charge in [0.1, 0.15) is 0 Å². The van der Waals surface area contributed by atoms with Crippen LogP contribution in [0, 0.1) is 6.92 Å². The Morgan fingerprint density at radius 2 is 1.63 bits per heavy atom. The van der Waals surface area contributed by atoms with Crippen molar-refractivity contribution in [1.82, 2.24) is 9.55 Å². The monoisotopic (exact) mass is 252 g/mol. The van der Waals surface area contributed by atoms with Crippen molar-refractivity contribution < 1.29 is 0 Å². The zero-order valence-corrected chi connectivity index (χ0v) is 10.4. The van der Waals surface area contributed by atoms with Crippen LogP contribution in [0.2, 0.25) is 0 Å². The standard InChI is InChI=1S/C15H12N2O2/c1-10-6-2-5-9-13(10)17-14(18)11-7-3-4-8-12(11)16-15(17)19/h2-9H,1H3,(H,16,19). The van der Waals surface area contributed by atoms with Crippen molar-refractivity contribution in [2.45, 2.75) is 6.92 Å². The summed E-state index contributed by atoms with van der Waals surface area (Å²) < 4.78 is 1.18. The third-order valence-electron chi connectivity index (χ3n) is 3.16. The predicted molar refractivity (Wildman–Crippen MR) is 74.9 cm³/mol. The SMILES string of the molecule is Cc1ccccc1-n1c(=O)[nH]c2ccccc2c1=O. The number of nitrogens with zero attached hydrogens (tertiary/aromatic N) is 1. The van der Waals surface area contributed by atoms with E-state index in [1.165, 1.54) is 4.57 Å². The van der Waals surface area contributed by atoms with Gasteiger partial charge in [0.2, 0.25) is 0 Å². The maximum Gasteiger partial charge on any atom is 0.333 e. The molecule has 0 amide bonds. The van der Waals surface area contributed by atoms with E-state index in [4.69, 9.17) is 0 Å². The molecule has 0 aliphatic carbocycles. The van der Waals surface area contributed by atoms with E-state index >= 15 is 0 Å². The Balaban J connectivity index is 2.47. The van der Waals surface area contributed by atoms with Gasteiger partial charge in [-0.15, -0.1) is 0 Å². The summed E-state index contributed by atoms with van der Waals surface area (Å²) in [6.45, 7) is 1.87. The van der Waals surface area contributed by atoms with Gasteiger partial charge in [0.15, 0.2) is 0 Å². The lowest BCUT2D eigenvalue weighted by Gasteiger charge is -2.08. The molecule has 0 aliphatic heterocycles. The second-order valence-electron chi connectivity index (χ2n) is 4.40. The Morgan fingerprint density at radius 1 is 0.947 bits per heavy atom. The van der Waals surface area contributed by atoms with E-state index in [1.54, 1.807) is 30.3 Å². The van der Waals surface area contributed by atoms with Crippen molar-refractivity contribution in [2.75, 3.05) is 0 Å². The van der Waals surface area contributed by atoms with Crippen molar-refractivity contribution in [3.05, 3.63) is 74.9 Å². The number of para-hydroxylation sites is 2. The van der Waals surface area contributed by atoms with Crippen LogP contribution in [0.5, 0.6) is 0 Å². The molecule has 0 saturated heterocycles. The van der Waals surface area contributed by atoms with Gasteiger partial charge in [0.05, 0.1) is 16.6 Å². The number of rotatable bonds is 1. The lowest BCUT2D eigenvalue weighted by atomic mass is 10.2. The number of fused-ring (bicyclic) bond motifs is 1. The summed E-state index contributed by atoms with van der Waals surface area (Å²) in [4.78, 5) is 27.3. The van der Waals surface area contributed by atoms with Crippen LogP contribution in [0.1, 0.15) is 5.56 Å². The zero-order valence-electron chi connectivity index (χ0n) is 10.4. The summed E-state index contributed by atoms with van der Waals surface area (Å²) in [7, 11) is 0. The summed E-state index contributed by atoms with van der Waals surface area (Å²) >= 11 is 0. The number of nitrogens with one attached hydrogen (secondary N) is 1. The molecule has 0 radical (unpaired) electrons. The summed E-state index contributed by atoms with van der Waals surface area (Å²) in [5.74, 6) is 0. The molecular weight excluding hydrogens is 240 g/mol. The van der Waals surface area contributed by atoms with Crippen molar-refractivity contribution in [3.8, 4) is 5.69 Å². The molecule has 0 unspecified atom stereocenters. The molecule has 19 heavy (non-hydrogen) atoms. The Bertz CT molecular complexity index is 875. The van der Waals surface area contributed by atoms with Crippen molar-refractivity contribution in [1.29, 1.82) is 0 Å². The molecule has 1 heterocycles. The van der Waals surface area contributed by atoms with E-state index in [1.807, 2.05) is 25.1 Å². The molecular formula is C15H12N2O2. The summed E-state index contributed by atoms with van der Waals surface area (Å²) in [5, 5.41) is 0.505. The molecule has 0 aliphatic rings. The fourth-order valence-corrected chi connectivity index (χ4v) is 2.20. The van der Waals surface area contributed by atoms with Gasteiger partial charge in [-0.2, -0.15) is 0 Å². The molecule has 0 saturated carbocycles. The highest BCUT2D eigenvalue weighted by Gasteiger charge is 2.10. The smallest absolute Gasteiger partial charge is 0.306 e. The zero-order chi connectivity index (χ0) is 13.4. The van der Waals surface area contributed by atoms with Gasteiger partial charge < -0.3 is 4.98 Å². The number of benzene rings is 2. The van der Waals surface area contributed by atoms with E-state index in [9.17, 15) is 9.59 Å². The van der Waals surface area contributed by atoms with E-state index in [-0.39, 0.29) is 5.56 Å². The highest BCUT2D eigenvalue weighted by atomic mass is 16.2. The maximum atomic E-state index is 12.4. The van der Waals surface area contributed by atoms with Crippen LogP contribution >= 0.6 is 0 Å². The molecule has 2 aromatic carbocycles. The largest absolute Gasteiger partial charge is 0.333 e.